The molecule has 0 saturated heterocycles. The Morgan fingerprint density at radius 2 is 0.571 bits per heavy atom. The van der Waals surface area contributed by atoms with Gasteiger partial charge in [-0.05, 0) is 0 Å². The molecule has 0 bridgehead atoms. The maximum absolute atomic E-state index is 1.50. The van der Waals surface area contributed by atoms with Crippen LogP contribution >= 0.6 is 0 Å². The summed E-state index contributed by atoms with van der Waals surface area (Å²) in [6.45, 7) is 0. The topological polar surface area (TPSA) is 0 Å². The smallest absolute Gasteiger partial charge is 0 e. The van der Waals surface area contributed by atoms with Gasteiger partial charge in [-0.2, -0.15) is 0 Å². The van der Waals surface area contributed by atoms with Gasteiger partial charge in [0.25, 0.3) is 0 Å². The van der Waals surface area contributed by atoms with Crippen molar-refractivity contribution in [3.05, 3.63) is 0 Å². The molecule has 0 spiro atoms. The second-order valence-electron chi connectivity index (χ2n) is 2.12. The second kappa shape index (κ2) is 4.75. The van der Waals surface area contributed by atoms with Gasteiger partial charge in [0.2, 0.25) is 0 Å². The van der Waals surface area contributed by atoms with Crippen LogP contribution in [0.1, 0.15) is 38.5 Å². The zero-order chi connectivity index (χ0) is 4.24. The summed E-state index contributed by atoms with van der Waals surface area (Å²) in [7, 11) is 0. The van der Waals surface area contributed by atoms with Crippen LogP contribution in [0.4, 0.5) is 0 Å². The summed E-state index contributed by atoms with van der Waals surface area (Å²) >= 11 is 0. The maximum atomic E-state index is 1.50. The Labute approximate surface area is 57.9 Å². The van der Waals surface area contributed by atoms with Crippen molar-refractivity contribution in [3.63, 3.8) is 0 Å². The van der Waals surface area contributed by atoms with Crippen LogP contribution in [0.3, 0.4) is 0 Å². The van der Waals surface area contributed by atoms with Gasteiger partial charge in [-0.3, -0.25) is 0 Å². The summed E-state index contributed by atoms with van der Waals surface area (Å²) in [4.78, 5) is 0. The summed E-state index contributed by atoms with van der Waals surface area (Å²) in [5, 5.41) is 0. The van der Waals surface area contributed by atoms with E-state index in [1.165, 1.54) is 38.5 Å². The molecule has 1 radical (unpaired) electrons. The van der Waals surface area contributed by atoms with Crippen LogP contribution in [0.25, 0.3) is 0 Å². The molecule has 0 amide bonds. The van der Waals surface area contributed by atoms with Gasteiger partial charge in [0, 0.05) is 18.9 Å². The molecule has 7 heavy (non-hydrogen) atoms. The fraction of sp³-hybridized carbons (Fsp3) is 1.00. The predicted octanol–water partition coefficient (Wildman–Crippen LogP) is 1.96. The Balaban J connectivity index is 0.000000360. The van der Waals surface area contributed by atoms with Gasteiger partial charge in [0.1, 0.15) is 0 Å². The van der Waals surface area contributed by atoms with E-state index in [2.05, 4.69) is 0 Å². The van der Waals surface area contributed by atoms with Crippen LogP contribution in [-0.2, 0) is 0 Å². The molecule has 0 aromatic carbocycles. The first kappa shape index (κ1) is 7.60. The minimum absolute atomic E-state index is 0. The van der Waals surface area contributed by atoms with Gasteiger partial charge in [0.15, 0.2) is 0 Å². The van der Waals surface area contributed by atoms with Crippen molar-refractivity contribution in [2.75, 3.05) is 0 Å². The molecule has 1 saturated carbocycles. The third kappa shape index (κ3) is 3.20. The summed E-state index contributed by atoms with van der Waals surface area (Å²) in [5.74, 6) is 0. The van der Waals surface area contributed by atoms with E-state index in [-0.39, 0.29) is 18.9 Å². The molecule has 0 aromatic heterocycles. The SMILES string of the molecule is C1CCCCC1.[Li]. The number of rotatable bonds is 0. The van der Waals surface area contributed by atoms with Crippen molar-refractivity contribution in [2.45, 2.75) is 38.5 Å². The Hall–Kier alpha value is 0.597. The van der Waals surface area contributed by atoms with E-state index in [0.717, 1.165) is 0 Å². The summed E-state index contributed by atoms with van der Waals surface area (Å²) in [6.07, 6.45) is 9.00. The van der Waals surface area contributed by atoms with Crippen molar-refractivity contribution in [2.24, 2.45) is 0 Å². The predicted molar refractivity (Wildman–Crippen MR) is 33.5 cm³/mol. The second-order valence-corrected chi connectivity index (χ2v) is 2.12. The van der Waals surface area contributed by atoms with Gasteiger partial charge in [-0.25, -0.2) is 0 Å². The van der Waals surface area contributed by atoms with Crippen LogP contribution in [0.2, 0.25) is 0 Å². The van der Waals surface area contributed by atoms with E-state index in [1.807, 2.05) is 0 Å². The molecule has 0 atom stereocenters. The van der Waals surface area contributed by atoms with E-state index in [1.54, 1.807) is 0 Å². The van der Waals surface area contributed by atoms with E-state index < -0.39 is 0 Å². The van der Waals surface area contributed by atoms with Crippen molar-refractivity contribution in [1.82, 2.24) is 0 Å². The maximum Gasteiger partial charge on any atom is 0 e. The molecule has 0 heterocycles. The van der Waals surface area contributed by atoms with Crippen molar-refractivity contribution in [1.29, 1.82) is 0 Å². The van der Waals surface area contributed by atoms with Crippen LogP contribution < -0.4 is 0 Å². The molecule has 1 heteroatoms. The fourth-order valence-electron chi connectivity index (χ4n) is 1.06. The third-order valence-corrected chi connectivity index (χ3v) is 1.50. The van der Waals surface area contributed by atoms with Gasteiger partial charge in [-0.15, -0.1) is 0 Å². The van der Waals surface area contributed by atoms with Gasteiger partial charge in [-0.1, -0.05) is 38.5 Å². The van der Waals surface area contributed by atoms with Crippen molar-refractivity contribution in [3.8, 4) is 0 Å². The number of hydrogen-bond acceptors (Lipinski definition) is 0. The molecule has 0 N–H and O–H groups in total. The fourth-order valence-corrected chi connectivity index (χ4v) is 1.06. The summed E-state index contributed by atoms with van der Waals surface area (Å²) < 4.78 is 0. The first-order valence-electron chi connectivity index (χ1n) is 3.00. The first-order valence-corrected chi connectivity index (χ1v) is 3.00. The van der Waals surface area contributed by atoms with E-state index >= 15 is 0 Å². The summed E-state index contributed by atoms with van der Waals surface area (Å²) in [5.41, 5.74) is 0. The monoisotopic (exact) mass is 91.1 g/mol. The zero-order valence-electron chi connectivity index (χ0n) is 5.24. The normalized spacial score (nSPS) is 20.6. The van der Waals surface area contributed by atoms with Gasteiger partial charge in [0.05, 0.1) is 0 Å². The minimum atomic E-state index is 0. The Morgan fingerprint density at radius 3 is 0.714 bits per heavy atom. The van der Waals surface area contributed by atoms with E-state index in [4.69, 9.17) is 0 Å². The van der Waals surface area contributed by atoms with Crippen LogP contribution in [0.5, 0.6) is 0 Å². The van der Waals surface area contributed by atoms with Gasteiger partial charge >= 0.3 is 0 Å². The molecule has 0 nitrogen and oxygen atoms in total. The largest absolute Gasteiger partial charge is 0.0533 e. The molecular weight excluding hydrogens is 79.0 g/mol. The van der Waals surface area contributed by atoms with Crippen LogP contribution in [-0.4, -0.2) is 18.9 Å². The average molecular weight is 91.1 g/mol. The molecule has 37 valence electrons. The molecule has 0 unspecified atom stereocenters. The Kier molecular flexibility index (Phi) is 5.15. The van der Waals surface area contributed by atoms with Crippen molar-refractivity contribution < 1.29 is 0 Å². The minimum Gasteiger partial charge on any atom is -0.0533 e. The summed E-state index contributed by atoms with van der Waals surface area (Å²) in [6, 6.07) is 0. The Bertz CT molecular complexity index is 19.7. The van der Waals surface area contributed by atoms with Gasteiger partial charge < -0.3 is 0 Å². The average Bonchev–Trinajstić information content (AvgIpc) is 1.72. The Morgan fingerprint density at radius 1 is 0.429 bits per heavy atom. The van der Waals surface area contributed by atoms with Crippen LogP contribution in [0, 0.1) is 0 Å². The third-order valence-electron chi connectivity index (χ3n) is 1.50. The number of hydrogen-bond donors (Lipinski definition) is 0. The van der Waals surface area contributed by atoms with Crippen LogP contribution in [0.15, 0.2) is 0 Å². The standard InChI is InChI=1S/C6H12.Li/c1-2-4-6-5-3-1;/h1-6H2;. The molecule has 1 rings (SSSR count). The molecule has 0 aromatic rings. The molecule has 1 fully saturated rings. The first-order chi connectivity index (χ1) is 3.00. The molecule has 1 aliphatic carbocycles. The molecule has 1 aliphatic rings. The van der Waals surface area contributed by atoms with E-state index in [9.17, 15) is 0 Å². The zero-order valence-corrected chi connectivity index (χ0v) is 5.24. The molecule has 0 aliphatic heterocycles. The van der Waals surface area contributed by atoms with Crippen molar-refractivity contribution >= 4 is 18.9 Å². The molecular formula is C6H12Li. The quantitative estimate of drug-likeness (QED) is 0.400. The van der Waals surface area contributed by atoms with E-state index in [0.29, 0.717) is 0 Å².